The number of nitrogens with two attached hydrogens (primary N) is 2. The SMILES string of the molecule is CC(O)C(N)C(=O)NC(Cc1ccccc1)C(N)=O.Cl. The zero-order valence-electron chi connectivity index (χ0n) is 11.2. The van der Waals surface area contributed by atoms with Crippen LogP contribution in [0.1, 0.15) is 12.5 Å². The van der Waals surface area contributed by atoms with Gasteiger partial charge in [0.1, 0.15) is 12.1 Å². The molecule has 0 aliphatic heterocycles. The lowest BCUT2D eigenvalue weighted by Gasteiger charge is -2.20. The van der Waals surface area contributed by atoms with Crippen molar-refractivity contribution < 1.29 is 14.7 Å². The zero-order chi connectivity index (χ0) is 14.4. The second-order valence-electron chi connectivity index (χ2n) is 4.42. The summed E-state index contributed by atoms with van der Waals surface area (Å²) in [5.74, 6) is -1.25. The number of aliphatic hydroxyl groups is 1. The number of hydrogen-bond donors (Lipinski definition) is 4. The molecule has 0 saturated carbocycles. The largest absolute Gasteiger partial charge is 0.391 e. The Balaban J connectivity index is 0.00000361. The lowest BCUT2D eigenvalue weighted by molar-refractivity contribution is -0.129. The first-order valence-electron chi connectivity index (χ1n) is 5.99. The molecule has 0 radical (unpaired) electrons. The fourth-order valence-electron chi connectivity index (χ4n) is 1.56. The van der Waals surface area contributed by atoms with Crippen LogP contribution in [-0.4, -0.2) is 35.1 Å². The second-order valence-corrected chi connectivity index (χ2v) is 4.42. The normalized spacial score (nSPS) is 14.6. The highest BCUT2D eigenvalue weighted by Crippen LogP contribution is 2.03. The highest BCUT2D eigenvalue weighted by molar-refractivity contribution is 5.89. The minimum atomic E-state index is -1.09. The smallest absolute Gasteiger partial charge is 0.240 e. The maximum absolute atomic E-state index is 11.7. The lowest BCUT2D eigenvalue weighted by Crippen LogP contribution is -2.54. The van der Waals surface area contributed by atoms with Crippen LogP contribution in [0.25, 0.3) is 0 Å². The Bertz CT molecular complexity index is 440. The summed E-state index contributed by atoms with van der Waals surface area (Å²) in [4.78, 5) is 23.0. The number of carbonyl (C=O) groups excluding carboxylic acids is 2. The van der Waals surface area contributed by atoms with E-state index in [4.69, 9.17) is 11.5 Å². The van der Waals surface area contributed by atoms with Crippen LogP contribution in [0.4, 0.5) is 0 Å². The summed E-state index contributed by atoms with van der Waals surface area (Å²) in [6, 6.07) is 7.24. The highest BCUT2D eigenvalue weighted by atomic mass is 35.5. The molecule has 0 bridgehead atoms. The van der Waals surface area contributed by atoms with E-state index in [0.717, 1.165) is 5.56 Å². The molecule has 20 heavy (non-hydrogen) atoms. The van der Waals surface area contributed by atoms with Crippen LogP contribution >= 0.6 is 12.4 Å². The topological polar surface area (TPSA) is 118 Å². The van der Waals surface area contributed by atoms with Gasteiger partial charge in [0.2, 0.25) is 11.8 Å². The van der Waals surface area contributed by atoms with Crippen LogP contribution in [0.2, 0.25) is 0 Å². The molecular formula is C13H20ClN3O3. The van der Waals surface area contributed by atoms with Gasteiger partial charge in [-0.1, -0.05) is 30.3 Å². The van der Waals surface area contributed by atoms with Gasteiger partial charge in [0.25, 0.3) is 0 Å². The van der Waals surface area contributed by atoms with Crippen molar-refractivity contribution in [1.82, 2.24) is 5.32 Å². The molecule has 0 fully saturated rings. The summed E-state index contributed by atoms with van der Waals surface area (Å²) >= 11 is 0. The van der Waals surface area contributed by atoms with Gasteiger partial charge >= 0.3 is 0 Å². The second kappa shape index (κ2) is 8.52. The Morgan fingerprint density at radius 1 is 1.30 bits per heavy atom. The number of amides is 2. The summed E-state index contributed by atoms with van der Waals surface area (Å²) in [5, 5.41) is 11.7. The summed E-state index contributed by atoms with van der Waals surface area (Å²) in [6.45, 7) is 1.40. The van der Waals surface area contributed by atoms with Gasteiger partial charge < -0.3 is 21.9 Å². The predicted molar refractivity (Wildman–Crippen MR) is 78.2 cm³/mol. The summed E-state index contributed by atoms with van der Waals surface area (Å²) in [5.41, 5.74) is 11.6. The fourth-order valence-corrected chi connectivity index (χ4v) is 1.56. The van der Waals surface area contributed by atoms with Crippen molar-refractivity contribution in [1.29, 1.82) is 0 Å². The zero-order valence-corrected chi connectivity index (χ0v) is 12.0. The Morgan fingerprint density at radius 2 is 1.85 bits per heavy atom. The van der Waals surface area contributed by atoms with Gasteiger partial charge in [-0.3, -0.25) is 9.59 Å². The first-order valence-corrected chi connectivity index (χ1v) is 5.99. The van der Waals surface area contributed by atoms with E-state index < -0.39 is 30.0 Å². The van der Waals surface area contributed by atoms with Gasteiger partial charge in [-0.15, -0.1) is 12.4 Å². The van der Waals surface area contributed by atoms with Crippen LogP contribution in [-0.2, 0) is 16.0 Å². The Kier molecular flexibility index (Phi) is 7.83. The average molecular weight is 302 g/mol. The van der Waals surface area contributed by atoms with Crippen molar-refractivity contribution in [2.24, 2.45) is 11.5 Å². The monoisotopic (exact) mass is 301 g/mol. The molecule has 3 atom stereocenters. The number of carbonyl (C=O) groups is 2. The van der Waals surface area contributed by atoms with Crippen molar-refractivity contribution in [3.8, 4) is 0 Å². The van der Waals surface area contributed by atoms with Gasteiger partial charge in [-0.25, -0.2) is 0 Å². The van der Waals surface area contributed by atoms with Crippen molar-refractivity contribution in [2.45, 2.75) is 31.5 Å². The molecule has 7 heteroatoms. The first-order chi connectivity index (χ1) is 8.91. The molecule has 1 rings (SSSR count). The van der Waals surface area contributed by atoms with Crippen molar-refractivity contribution in [3.63, 3.8) is 0 Å². The van der Waals surface area contributed by atoms with Crippen LogP contribution in [0, 0.1) is 0 Å². The summed E-state index contributed by atoms with van der Waals surface area (Å²) in [6.07, 6.45) is -0.709. The van der Waals surface area contributed by atoms with E-state index >= 15 is 0 Å². The molecule has 1 aromatic carbocycles. The van der Waals surface area contributed by atoms with Gasteiger partial charge in [0, 0.05) is 6.42 Å². The third-order valence-corrected chi connectivity index (χ3v) is 2.77. The summed E-state index contributed by atoms with van der Waals surface area (Å²) in [7, 11) is 0. The van der Waals surface area contributed by atoms with Gasteiger partial charge in [-0.05, 0) is 12.5 Å². The number of primary amides is 1. The Morgan fingerprint density at radius 3 is 2.30 bits per heavy atom. The number of rotatable bonds is 6. The number of halogens is 1. The van der Waals surface area contributed by atoms with E-state index in [1.165, 1.54) is 6.92 Å². The van der Waals surface area contributed by atoms with E-state index in [2.05, 4.69) is 5.32 Å². The Labute approximate surface area is 123 Å². The van der Waals surface area contributed by atoms with Crippen molar-refractivity contribution in [3.05, 3.63) is 35.9 Å². The molecule has 112 valence electrons. The molecule has 1 aromatic rings. The molecule has 0 heterocycles. The average Bonchev–Trinajstić information content (AvgIpc) is 2.37. The molecule has 0 saturated heterocycles. The van der Waals surface area contributed by atoms with Crippen LogP contribution in [0.15, 0.2) is 30.3 Å². The molecule has 3 unspecified atom stereocenters. The number of benzene rings is 1. The minimum Gasteiger partial charge on any atom is -0.391 e. The van der Waals surface area contributed by atoms with Crippen LogP contribution in [0.3, 0.4) is 0 Å². The molecule has 6 nitrogen and oxygen atoms in total. The quantitative estimate of drug-likeness (QED) is 0.557. The van der Waals surface area contributed by atoms with Gasteiger partial charge in [-0.2, -0.15) is 0 Å². The number of nitrogens with one attached hydrogen (secondary N) is 1. The highest BCUT2D eigenvalue weighted by Gasteiger charge is 2.24. The molecule has 0 spiro atoms. The van der Waals surface area contributed by atoms with Crippen molar-refractivity contribution >= 4 is 24.2 Å². The minimum absolute atomic E-state index is 0. The number of hydrogen-bond acceptors (Lipinski definition) is 4. The van der Waals surface area contributed by atoms with E-state index in [9.17, 15) is 14.7 Å². The Hall–Kier alpha value is -1.63. The van der Waals surface area contributed by atoms with E-state index in [1.807, 2.05) is 30.3 Å². The van der Waals surface area contributed by atoms with Crippen LogP contribution in [0.5, 0.6) is 0 Å². The number of aliphatic hydroxyl groups excluding tert-OH is 1. The van der Waals surface area contributed by atoms with Gasteiger partial charge in [0.05, 0.1) is 6.10 Å². The third-order valence-electron chi connectivity index (χ3n) is 2.77. The lowest BCUT2D eigenvalue weighted by atomic mass is 10.0. The molecule has 0 aliphatic rings. The molecule has 0 aliphatic carbocycles. The fraction of sp³-hybridized carbons (Fsp3) is 0.385. The van der Waals surface area contributed by atoms with E-state index in [1.54, 1.807) is 0 Å². The third kappa shape index (κ3) is 5.56. The molecule has 2 amide bonds. The maximum atomic E-state index is 11.7. The molecule has 0 aromatic heterocycles. The predicted octanol–water partition coefficient (Wildman–Crippen LogP) is -0.671. The van der Waals surface area contributed by atoms with Crippen molar-refractivity contribution in [2.75, 3.05) is 0 Å². The molecular weight excluding hydrogens is 282 g/mol. The van der Waals surface area contributed by atoms with Gasteiger partial charge in [0.15, 0.2) is 0 Å². The summed E-state index contributed by atoms with van der Waals surface area (Å²) < 4.78 is 0. The molecule has 6 N–H and O–H groups in total. The maximum Gasteiger partial charge on any atom is 0.240 e. The van der Waals surface area contributed by atoms with E-state index in [0.29, 0.717) is 0 Å². The van der Waals surface area contributed by atoms with Crippen LogP contribution < -0.4 is 16.8 Å². The first kappa shape index (κ1) is 18.4. The van der Waals surface area contributed by atoms with E-state index in [-0.39, 0.29) is 18.8 Å². The standard InChI is InChI=1S/C13H19N3O3.ClH/c1-8(17)11(14)13(19)16-10(12(15)18)7-9-5-3-2-4-6-9;/h2-6,8,10-11,17H,7,14H2,1H3,(H2,15,18)(H,16,19);1H.